The number of benzene rings is 1. The third-order valence-corrected chi connectivity index (χ3v) is 5.97. The van der Waals surface area contributed by atoms with Crippen LogP contribution in [0.4, 0.5) is 18.9 Å². The molecule has 2 fully saturated rings. The number of nitrogens with zero attached hydrogens (tertiary/aromatic N) is 1. The van der Waals surface area contributed by atoms with Gasteiger partial charge >= 0.3 is 6.18 Å². The normalized spacial score (nSPS) is 23.9. The van der Waals surface area contributed by atoms with E-state index in [0.717, 1.165) is 25.0 Å². The minimum atomic E-state index is -4.41. The number of aryl methyl sites for hydroxylation is 1. The summed E-state index contributed by atoms with van der Waals surface area (Å²) in [6, 6.07) is 3.34. The maximum Gasteiger partial charge on any atom is 0.416 e. The summed E-state index contributed by atoms with van der Waals surface area (Å²) in [6.45, 7) is 5.51. The highest BCUT2D eigenvalue weighted by molar-refractivity contribution is 5.94. The number of fused-ring (bicyclic) bond motifs is 2. The number of piperidine rings is 1. The Morgan fingerprint density at radius 2 is 1.86 bits per heavy atom. The van der Waals surface area contributed by atoms with Gasteiger partial charge < -0.3 is 15.0 Å². The minimum Gasteiger partial charge on any atom is -0.381 e. The van der Waals surface area contributed by atoms with Crippen molar-refractivity contribution in [1.29, 1.82) is 0 Å². The van der Waals surface area contributed by atoms with Gasteiger partial charge in [0.05, 0.1) is 18.6 Å². The highest BCUT2D eigenvalue weighted by atomic mass is 19.4. The minimum absolute atomic E-state index is 0.0489. The van der Waals surface area contributed by atoms with Gasteiger partial charge in [-0.05, 0) is 62.3 Å². The summed E-state index contributed by atoms with van der Waals surface area (Å²) in [5.74, 6) is -0.165. The van der Waals surface area contributed by atoms with Gasteiger partial charge in [0.15, 0.2) is 0 Å². The Balaban J connectivity index is 1.62. The van der Waals surface area contributed by atoms with Gasteiger partial charge in [0, 0.05) is 31.3 Å². The third kappa shape index (κ3) is 4.91. The second-order valence-electron chi connectivity index (χ2n) is 7.89. The lowest BCUT2D eigenvalue weighted by Gasteiger charge is -2.37. The first-order valence-corrected chi connectivity index (χ1v) is 10.0. The fourth-order valence-corrected chi connectivity index (χ4v) is 4.51. The van der Waals surface area contributed by atoms with E-state index >= 15 is 0 Å². The lowest BCUT2D eigenvalue weighted by atomic mass is 9.84. The van der Waals surface area contributed by atoms with Crippen LogP contribution in [0.15, 0.2) is 18.2 Å². The molecule has 29 heavy (non-hydrogen) atoms. The molecule has 1 aliphatic carbocycles. The van der Waals surface area contributed by atoms with Crippen molar-refractivity contribution in [2.45, 2.75) is 39.3 Å². The zero-order valence-electron chi connectivity index (χ0n) is 16.7. The average molecular weight is 412 g/mol. The Kier molecular flexibility index (Phi) is 6.51. The number of carbonyl (C=O) groups excluding carboxylic acids is 2. The maximum absolute atomic E-state index is 12.9. The number of alkyl halides is 3. The fourth-order valence-electron chi connectivity index (χ4n) is 4.51. The quantitative estimate of drug-likeness (QED) is 0.722. The Morgan fingerprint density at radius 1 is 1.21 bits per heavy atom. The Hall–Kier alpha value is -2.09. The summed E-state index contributed by atoms with van der Waals surface area (Å²) in [4.78, 5) is 27.1. The summed E-state index contributed by atoms with van der Waals surface area (Å²) in [7, 11) is 0. The molecular formula is C21H27F3N2O3. The van der Waals surface area contributed by atoms with Crippen LogP contribution in [0.2, 0.25) is 0 Å². The molecular weight excluding hydrogens is 385 g/mol. The fraction of sp³-hybridized carbons (Fsp3) is 0.619. The molecule has 1 aromatic carbocycles. The van der Waals surface area contributed by atoms with E-state index in [1.807, 2.05) is 11.8 Å². The summed E-state index contributed by atoms with van der Waals surface area (Å²) >= 11 is 0. The molecule has 8 heteroatoms. The maximum atomic E-state index is 12.9. The van der Waals surface area contributed by atoms with Crippen LogP contribution in [0.3, 0.4) is 0 Å². The van der Waals surface area contributed by atoms with Gasteiger partial charge in [-0.1, -0.05) is 0 Å². The molecule has 0 radical (unpaired) electrons. The standard InChI is InChI=1S/C21H27F3N2O3/c1-3-29-9-8-18(27)26-11-14-4-5-15(12-26)19(14)20(28)25-17-7-6-16(10-13(17)2)21(22,23)24/h6-7,10,14-15,19H,3-5,8-9,11-12H2,1-2H3,(H,25,28)/t14-,15+,19?. The van der Waals surface area contributed by atoms with Crippen LogP contribution in [0, 0.1) is 24.7 Å². The van der Waals surface area contributed by atoms with E-state index in [2.05, 4.69) is 5.32 Å². The van der Waals surface area contributed by atoms with Crippen LogP contribution in [0.1, 0.15) is 37.3 Å². The number of carbonyl (C=O) groups is 2. The van der Waals surface area contributed by atoms with Crippen LogP contribution in [0.5, 0.6) is 0 Å². The summed E-state index contributed by atoms with van der Waals surface area (Å²) in [6.07, 6.45) is -2.31. The first kappa shape index (κ1) is 21.6. The SMILES string of the molecule is CCOCCC(=O)N1C[C@H]2CC[C@@H](C1)C2C(=O)Nc1ccc(C(F)(F)F)cc1C. The molecule has 1 unspecified atom stereocenters. The summed E-state index contributed by atoms with van der Waals surface area (Å²) in [5, 5.41) is 2.82. The van der Waals surface area contributed by atoms with Crippen LogP contribution in [-0.2, 0) is 20.5 Å². The lowest BCUT2D eigenvalue weighted by molar-refractivity contribution is -0.138. The monoisotopic (exact) mass is 412 g/mol. The molecule has 1 aliphatic heterocycles. The number of likely N-dealkylation sites (tertiary alicyclic amines) is 1. The summed E-state index contributed by atoms with van der Waals surface area (Å²) in [5.41, 5.74) is 0.0496. The molecule has 2 aliphatic rings. The van der Waals surface area contributed by atoms with Gasteiger partial charge in [-0.25, -0.2) is 0 Å². The molecule has 160 valence electrons. The highest BCUT2D eigenvalue weighted by Gasteiger charge is 2.46. The van der Waals surface area contributed by atoms with Gasteiger partial charge in [-0.3, -0.25) is 9.59 Å². The number of rotatable bonds is 6. The largest absolute Gasteiger partial charge is 0.416 e. The van der Waals surface area contributed by atoms with Crippen molar-refractivity contribution < 1.29 is 27.5 Å². The first-order chi connectivity index (χ1) is 13.7. The van der Waals surface area contributed by atoms with Gasteiger partial charge in [0.25, 0.3) is 0 Å². The number of hydrogen-bond donors (Lipinski definition) is 1. The molecule has 0 aromatic heterocycles. The zero-order valence-corrected chi connectivity index (χ0v) is 16.7. The van der Waals surface area contributed by atoms with Crippen molar-refractivity contribution in [3.8, 4) is 0 Å². The third-order valence-electron chi connectivity index (χ3n) is 5.97. The number of nitrogens with one attached hydrogen (secondary N) is 1. The van der Waals surface area contributed by atoms with E-state index in [-0.39, 0.29) is 29.6 Å². The second-order valence-corrected chi connectivity index (χ2v) is 7.89. The Morgan fingerprint density at radius 3 is 2.41 bits per heavy atom. The molecule has 1 saturated carbocycles. The molecule has 1 heterocycles. The molecule has 1 N–H and O–H groups in total. The number of anilines is 1. The number of ether oxygens (including phenoxy) is 1. The molecule has 2 amide bonds. The van der Waals surface area contributed by atoms with E-state index in [9.17, 15) is 22.8 Å². The van der Waals surface area contributed by atoms with E-state index in [4.69, 9.17) is 4.74 Å². The van der Waals surface area contributed by atoms with Crippen molar-refractivity contribution in [1.82, 2.24) is 4.90 Å². The van der Waals surface area contributed by atoms with E-state index in [1.54, 1.807) is 6.92 Å². The molecule has 1 saturated heterocycles. The molecule has 0 spiro atoms. The average Bonchev–Trinajstić information content (AvgIpc) is 2.92. The van der Waals surface area contributed by atoms with E-state index < -0.39 is 11.7 Å². The molecule has 3 rings (SSSR count). The van der Waals surface area contributed by atoms with E-state index in [1.165, 1.54) is 6.07 Å². The zero-order chi connectivity index (χ0) is 21.2. The topological polar surface area (TPSA) is 58.6 Å². The van der Waals surface area contributed by atoms with Crippen molar-refractivity contribution in [3.05, 3.63) is 29.3 Å². The van der Waals surface area contributed by atoms with Crippen LogP contribution >= 0.6 is 0 Å². The molecule has 5 nitrogen and oxygen atoms in total. The predicted octanol–water partition coefficient (Wildman–Crippen LogP) is 3.86. The molecule has 3 atom stereocenters. The molecule has 2 bridgehead atoms. The van der Waals surface area contributed by atoms with Crippen LogP contribution in [0.25, 0.3) is 0 Å². The smallest absolute Gasteiger partial charge is 0.381 e. The molecule has 1 aromatic rings. The number of halogens is 3. The van der Waals surface area contributed by atoms with Gasteiger partial charge in [-0.15, -0.1) is 0 Å². The van der Waals surface area contributed by atoms with Crippen molar-refractivity contribution >= 4 is 17.5 Å². The van der Waals surface area contributed by atoms with Crippen molar-refractivity contribution in [3.63, 3.8) is 0 Å². The Bertz CT molecular complexity index is 752. The number of hydrogen-bond acceptors (Lipinski definition) is 3. The Labute approximate surface area is 168 Å². The second kappa shape index (κ2) is 8.73. The highest BCUT2D eigenvalue weighted by Crippen LogP contribution is 2.43. The lowest BCUT2D eigenvalue weighted by Crippen LogP contribution is -2.48. The van der Waals surface area contributed by atoms with E-state index in [0.29, 0.717) is 44.0 Å². The van der Waals surface area contributed by atoms with Gasteiger partial charge in [0.2, 0.25) is 11.8 Å². The van der Waals surface area contributed by atoms with Gasteiger partial charge in [-0.2, -0.15) is 13.2 Å². The van der Waals surface area contributed by atoms with Crippen LogP contribution in [-0.4, -0.2) is 43.0 Å². The van der Waals surface area contributed by atoms with Gasteiger partial charge in [0.1, 0.15) is 0 Å². The van der Waals surface area contributed by atoms with Crippen molar-refractivity contribution in [2.24, 2.45) is 17.8 Å². The predicted molar refractivity (Wildman–Crippen MR) is 102 cm³/mol. The van der Waals surface area contributed by atoms with Crippen molar-refractivity contribution in [2.75, 3.05) is 31.6 Å². The summed E-state index contributed by atoms with van der Waals surface area (Å²) < 4.78 is 43.8. The number of amides is 2. The first-order valence-electron chi connectivity index (χ1n) is 10.0. The van der Waals surface area contributed by atoms with Crippen LogP contribution < -0.4 is 5.32 Å².